The van der Waals surface area contributed by atoms with E-state index >= 15 is 0 Å². The van der Waals surface area contributed by atoms with Gasteiger partial charge in [-0.3, -0.25) is 0 Å². The van der Waals surface area contributed by atoms with E-state index in [9.17, 15) is 4.79 Å². The topological polar surface area (TPSA) is 38.8 Å². The van der Waals surface area contributed by atoms with Crippen molar-refractivity contribution in [2.75, 3.05) is 13.1 Å². The molecule has 2 rings (SSSR count). The van der Waals surface area contributed by atoms with Crippen LogP contribution in [0.5, 0.6) is 0 Å². The van der Waals surface area contributed by atoms with Crippen LogP contribution in [0.2, 0.25) is 0 Å². The molecule has 1 aliphatic rings. The largest absolute Gasteiger partial charge is 0.444 e. The highest BCUT2D eigenvalue weighted by Gasteiger charge is 2.36. The Kier molecular flexibility index (Phi) is 5.24. The van der Waals surface area contributed by atoms with E-state index in [0.717, 1.165) is 5.56 Å². The summed E-state index contributed by atoms with van der Waals surface area (Å²) in [6, 6.07) is 10.0. The summed E-state index contributed by atoms with van der Waals surface area (Å²) >= 11 is 0. The second kappa shape index (κ2) is 6.97. The van der Waals surface area contributed by atoms with Gasteiger partial charge in [0.2, 0.25) is 0 Å². The minimum Gasteiger partial charge on any atom is -0.444 e. The fourth-order valence-corrected chi connectivity index (χ4v) is 2.45. The van der Waals surface area contributed by atoms with E-state index in [2.05, 4.69) is 6.58 Å². The van der Waals surface area contributed by atoms with Crippen molar-refractivity contribution in [2.24, 2.45) is 5.92 Å². The maximum absolute atomic E-state index is 12.2. The van der Waals surface area contributed by atoms with Crippen LogP contribution in [0.4, 0.5) is 4.79 Å². The Bertz CT molecular complexity index is 507. The quantitative estimate of drug-likeness (QED) is 0.797. The van der Waals surface area contributed by atoms with Gasteiger partial charge in [0.15, 0.2) is 0 Å². The smallest absolute Gasteiger partial charge is 0.410 e. The predicted octanol–water partition coefficient (Wildman–Crippen LogP) is 3.62. The lowest BCUT2D eigenvalue weighted by Crippen LogP contribution is -2.36. The first-order chi connectivity index (χ1) is 10.4. The van der Waals surface area contributed by atoms with E-state index in [0.29, 0.717) is 19.7 Å². The van der Waals surface area contributed by atoms with Crippen LogP contribution in [0, 0.1) is 5.92 Å². The second-order valence-corrected chi connectivity index (χ2v) is 6.62. The Balaban J connectivity index is 1.92. The molecular weight excluding hydrogens is 278 g/mol. The summed E-state index contributed by atoms with van der Waals surface area (Å²) in [6.07, 6.45) is 1.54. The lowest BCUT2D eigenvalue weighted by molar-refractivity contribution is 0.0156. The number of hydrogen-bond donors (Lipinski definition) is 0. The molecule has 0 bridgehead atoms. The summed E-state index contributed by atoms with van der Waals surface area (Å²) in [7, 11) is 0. The van der Waals surface area contributed by atoms with Crippen LogP contribution in [0.3, 0.4) is 0 Å². The van der Waals surface area contributed by atoms with Crippen molar-refractivity contribution >= 4 is 6.09 Å². The first kappa shape index (κ1) is 16.6. The maximum Gasteiger partial charge on any atom is 0.410 e. The van der Waals surface area contributed by atoms with Crippen molar-refractivity contribution in [3.05, 3.63) is 48.6 Å². The summed E-state index contributed by atoms with van der Waals surface area (Å²) in [5.41, 5.74) is 0.644. The molecule has 2 unspecified atom stereocenters. The first-order valence-corrected chi connectivity index (χ1v) is 7.65. The summed E-state index contributed by atoms with van der Waals surface area (Å²) < 4.78 is 11.4. The van der Waals surface area contributed by atoms with Gasteiger partial charge in [0.1, 0.15) is 5.60 Å². The Morgan fingerprint density at radius 1 is 1.32 bits per heavy atom. The molecule has 1 amide bonds. The number of likely N-dealkylation sites (tertiary alicyclic amines) is 1. The number of nitrogens with zero attached hydrogens (tertiary/aromatic N) is 1. The van der Waals surface area contributed by atoms with Gasteiger partial charge in [-0.2, -0.15) is 0 Å². The van der Waals surface area contributed by atoms with E-state index in [1.54, 1.807) is 4.90 Å². The minimum atomic E-state index is -0.482. The van der Waals surface area contributed by atoms with Gasteiger partial charge < -0.3 is 14.4 Å². The van der Waals surface area contributed by atoms with Crippen molar-refractivity contribution in [2.45, 2.75) is 39.1 Å². The SMILES string of the molecule is C=CC1CN(C(=O)OC(C)(C)C)CC1OCc1ccccc1. The molecule has 1 fully saturated rings. The van der Waals surface area contributed by atoms with Crippen LogP contribution in [0.15, 0.2) is 43.0 Å². The van der Waals surface area contributed by atoms with E-state index < -0.39 is 5.60 Å². The van der Waals surface area contributed by atoms with Crippen molar-refractivity contribution in [1.29, 1.82) is 0 Å². The highest BCUT2D eigenvalue weighted by atomic mass is 16.6. The summed E-state index contributed by atoms with van der Waals surface area (Å²) in [4.78, 5) is 13.9. The summed E-state index contributed by atoms with van der Waals surface area (Å²) in [5, 5.41) is 0. The van der Waals surface area contributed by atoms with E-state index in [-0.39, 0.29) is 18.1 Å². The van der Waals surface area contributed by atoms with Gasteiger partial charge in [-0.25, -0.2) is 4.79 Å². The maximum atomic E-state index is 12.2. The number of rotatable bonds is 4. The Morgan fingerprint density at radius 3 is 2.59 bits per heavy atom. The number of carbonyl (C=O) groups is 1. The Morgan fingerprint density at radius 2 is 2.00 bits per heavy atom. The molecule has 0 saturated carbocycles. The Labute approximate surface area is 132 Å². The van der Waals surface area contributed by atoms with Gasteiger partial charge in [0.25, 0.3) is 0 Å². The van der Waals surface area contributed by atoms with Crippen LogP contribution in [0.25, 0.3) is 0 Å². The Hall–Kier alpha value is -1.81. The molecule has 0 radical (unpaired) electrons. The van der Waals surface area contributed by atoms with E-state index in [1.165, 1.54) is 0 Å². The molecule has 1 aliphatic heterocycles. The number of ether oxygens (including phenoxy) is 2. The lowest BCUT2D eigenvalue weighted by atomic mass is 10.1. The molecule has 4 nitrogen and oxygen atoms in total. The highest BCUT2D eigenvalue weighted by molar-refractivity contribution is 5.68. The van der Waals surface area contributed by atoms with Crippen molar-refractivity contribution in [3.63, 3.8) is 0 Å². The van der Waals surface area contributed by atoms with Gasteiger partial charge in [-0.1, -0.05) is 36.4 Å². The van der Waals surface area contributed by atoms with Gasteiger partial charge in [0, 0.05) is 12.5 Å². The van der Waals surface area contributed by atoms with Gasteiger partial charge in [-0.15, -0.1) is 6.58 Å². The zero-order valence-corrected chi connectivity index (χ0v) is 13.6. The second-order valence-electron chi connectivity index (χ2n) is 6.62. The molecular formula is C18H25NO3. The standard InChI is InChI=1S/C18H25NO3/c1-5-15-11-19(17(20)22-18(2,3)4)12-16(15)21-13-14-9-7-6-8-10-14/h5-10,15-16H,1,11-13H2,2-4H3. The van der Waals surface area contributed by atoms with Crippen LogP contribution in [-0.2, 0) is 16.1 Å². The average Bonchev–Trinajstić information content (AvgIpc) is 2.88. The molecule has 1 saturated heterocycles. The van der Waals surface area contributed by atoms with Gasteiger partial charge in [0.05, 0.1) is 19.3 Å². The molecule has 120 valence electrons. The molecule has 4 heteroatoms. The van der Waals surface area contributed by atoms with Crippen molar-refractivity contribution in [3.8, 4) is 0 Å². The fraction of sp³-hybridized carbons (Fsp3) is 0.500. The van der Waals surface area contributed by atoms with Crippen LogP contribution >= 0.6 is 0 Å². The van der Waals surface area contributed by atoms with Crippen LogP contribution in [-0.4, -0.2) is 35.8 Å². The third-order valence-corrected chi connectivity index (χ3v) is 3.57. The molecule has 1 heterocycles. The molecule has 1 aromatic carbocycles. The van der Waals surface area contributed by atoms with E-state index in [1.807, 2.05) is 57.2 Å². The summed E-state index contributed by atoms with van der Waals surface area (Å²) in [6.45, 7) is 11.1. The molecule has 0 aromatic heterocycles. The molecule has 22 heavy (non-hydrogen) atoms. The minimum absolute atomic E-state index is 0.0368. The third kappa shape index (κ3) is 4.60. The summed E-state index contributed by atoms with van der Waals surface area (Å²) in [5.74, 6) is 0.135. The van der Waals surface area contributed by atoms with E-state index in [4.69, 9.17) is 9.47 Å². The van der Waals surface area contributed by atoms with Gasteiger partial charge >= 0.3 is 6.09 Å². The first-order valence-electron chi connectivity index (χ1n) is 7.65. The molecule has 0 spiro atoms. The normalized spacial score (nSPS) is 21.7. The van der Waals surface area contributed by atoms with Crippen LogP contribution < -0.4 is 0 Å². The van der Waals surface area contributed by atoms with Crippen LogP contribution in [0.1, 0.15) is 26.3 Å². The monoisotopic (exact) mass is 303 g/mol. The lowest BCUT2D eigenvalue weighted by Gasteiger charge is -2.24. The highest BCUT2D eigenvalue weighted by Crippen LogP contribution is 2.24. The molecule has 0 N–H and O–H groups in total. The third-order valence-electron chi connectivity index (χ3n) is 3.57. The van der Waals surface area contributed by atoms with Gasteiger partial charge in [-0.05, 0) is 26.3 Å². The number of benzene rings is 1. The van der Waals surface area contributed by atoms with Crippen molar-refractivity contribution < 1.29 is 14.3 Å². The average molecular weight is 303 g/mol. The zero-order valence-electron chi connectivity index (χ0n) is 13.6. The molecule has 2 atom stereocenters. The predicted molar refractivity (Wildman–Crippen MR) is 86.5 cm³/mol. The van der Waals surface area contributed by atoms with Crippen molar-refractivity contribution in [1.82, 2.24) is 4.90 Å². The number of carbonyl (C=O) groups excluding carboxylic acids is 1. The number of amides is 1. The molecule has 1 aromatic rings. The zero-order chi connectivity index (χ0) is 16.2. The number of hydrogen-bond acceptors (Lipinski definition) is 3. The molecule has 0 aliphatic carbocycles. The fourth-order valence-electron chi connectivity index (χ4n) is 2.45.